The summed E-state index contributed by atoms with van der Waals surface area (Å²) in [5.74, 6) is 0.629. The van der Waals surface area contributed by atoms with Gasteiger partial charge in [-0.1, -0.05) is 54.1 Å². The van der Waals surface area contributed by atoms with Crippen molar-refractivity contribution in [3.05, 3.63) is 46.5 Å². The highest BCUT2D eigenvalue weighted by atomic mass is 79.9. The lowest BCUT2D eigenvalue weighted by Crippen LogP contribution is -1.95. The molecule has 0 N–H and O–H groups in total. The van der Waals surface area contributed by atoms with E-state index in [0.29, 0.717) is 5.92 Å². The molecule has 1 aromatic rings. The average molecular weight is 253 g/mol. The second-order valence-corrected chi connectivity index (χ2v) is 4.56. The molecule has 1 rings (SSSR count). The van der Waals surface area contributed by atoms with E-state index in [0.717, 1.165) is 12.8 Å². The minimum Gasteiger partial charge on any atom is -0.0885 e. The summed E-state index contributed by atoms with van der Waals surface area (Å²) in [6.07, 6.45) is 6.78. The summed E-state index contributed by atoms with van der Waals surface area (Å²) in [4.78, 5) is 0. The van der Waals surface area contributed by atoms with E-state index >= 15 is 0 Å². The van der Waals surface area contributed by atoms with Crippen molar-refractivity contribution >= 4 is 15.9 Å². The number of allylic oxidation sites excluding steroid dienone is 2. The van der Waals surface area contributed by atoms with Gasteiger partial charge in [0.25, 0.3) is 0 Å². The van der Waals surface area contributed by atoms with E-state index < -0.39 is 0 Å². The van der Waals surface area contributed by atoms with Gasteiger partial charge in [0.05, 0.1) is 0 Å². The highest BCUT2D eigenvalue weighted by Crippen LogP contribution is 2.15. The summed E-state index contributed by atoms with van der Waals surface area (Å²) in [6, 6.07) is 8.53. The van der Waals surface area contributed by atoms with Gasteiger partial charge in [0.15, 0.2) is 0 Å². The van der Waals surface area contributed by atoms with Gasteiger partial charge >= 0.3 is 0 Å². The number of halogens is 1. The monoisotopic (exact) mass is 252 g/mol. The van der Waals surface area contributed by atoms with Crippen LogP contribution in [0.2, 0.25) is 0 Å². The van der Waals surface area contributed by atoms with Gasteiger partial charge in [-0.25, -0.2) is 0 Å². The van der Waals surface area contributed by atoms with E-state index in [1.807, 2.05) is 0 Å². The Morgan fingerprint density at radius 3 is 2.86 bits per heavy atom. The van der Waals surface area contributed by atoms with E-state index in [4.69, 9.17) is 0 Å². The summed E-state index contributed by atoms with van der Waals surface area (Å²) in [7, 11) is 0. The molecule has 0 bridgehead atoms. The van der Waals surface area contributed by atoms with Crippen molar-refractivity contribution in [3.63, 3.8) is 0 Å². The smallest absolute Gasteiger partial charge is 0.0177 e. The van der Waals surface area contributed by atoms with E-state index in [-0.39, 0.29) is 0 Å². The third-order valence-corrected chi connectivity index (χ3v) is 2.64. The molecule has 0 spiro atoms. The molecule has 0 aliphatic heterocycles. The maximum Gasteiger partial charge on any atom is 0.0177 e. The van der Waals surface area contributed by atoms with Crippen molar-refractivity contribution in [3.8, 4) is 0 Å². The van der Waals surface area contributed by atoms with Gasteiger partial charge in [0, 0.05) is 4.47 Å². The van der Waals surface area contributed by atoms with Gasteiger partial charge < -0.3 is 0 Å². The zero-order valence-electron chi connectivity index (χ0n) is 8.83. The minimum absolute atomic E-state index is 0.629. The maximum atomic E-state index is 3.49. The third-order valence-electron chi connectivity index (χ3n) is 2.15. The lowest BCUT2D eigenvalue weighted by atomic mass is 10.0. The van der Waals surface area contributed by atoms with Gasteiger partial charge in [0.2, 0.25) is 0 Å². The van der Waals surface area contributed by atoms with E-state index in [2.05, 4.69) is 66.2 Å². The lowest BCUT2D eigenvalue weighted by molar-refractivity contribution is 0.720. The van der Waals surface area contributed by atoms with Crippen molar-refractivity contribution in [2.75, 3.05) is 0 Å². The van der Waals surface area contributed by atoms with Crippen molar-refractivity contribution in [2.24, 2.45) is 5.92 Å². The van der Waals surface area contributed by atoms with E-state index in [9.17, 15) is 0 Å². The fraction of sp³-hybridized carbons (Fsp3) is 0.385. The summed E-state index contributed by atoms with van der Waals surface area (Å²) in [5, 5.41) is 0. The molecule has 1 atom stereocenters. The van der Waals surface area contributed by atoms with Gasteiger partial charge in [0.1, 0.15) is 0 Å². The molecule has 0 saturated carbocycles. The average Bonchev–Trinajstić information content (AvgIpc) is 2.15. The molecule has 0 aliphatic carbocycles. The van der Waals surface area contributed by atoms with Gasteiger partial charge in [-0.2, -0.15) is 0 Å². The summed E-state index contributed by atoms with van der Waals surface area (Å²) in [5.41, 5.74) is 1.40. The second kappa shape index (κ2) is 6.02. The van der Waals surface area contributed by atoms with Crippen LogP contribution >= 0.6 is 15.9 Å². The Labute approximate surface area is 95.2 Å². The van der Waals surface area contributed by atoms with E-state index in [1.165, 1.54) is 10.0 Å². The van der Waals surface area contributed by atoms with Gasteiger partial charge in [-0.05, 0) is 36.5 Å². The van der Waals surface area contributed by atoms with Crippen LogP contribution in [0.15, 0.2) is 40.9 Å². The first kappa shape index (κ1) is 11.5. The van der Waals surface area contributed by atoms with Crippen LogP contribution in [0.4, 0.5) is 0 Å². The molecule has 1 aromatic carbocycles. The molecule has 0 nitrogen and oxygen atoms in total. The van der Waals surface area contributed by atoms with Gasteiger partial charge in [-0.3, -0.25) is 0 Å². The Morgan fingerprint density at radius 1 is 1.43 bits per heavy atom. The highest BCUT2D eigenvalue weighted by molar-refractivity contribution is 9.10. The topological polar surface area (TPSA) is 0 Å². The Hall–Kier alpha value is -0.560. The molecule has 0 fully saturated rings. The van der Waals surface area contributed by atoms with Crippen molar-refractivity contribution in [2.45, 2.75) is 26.7 Å². The van der Waals surface area contributed by atoms with Crippen LogP contribution in [0.25, 0.3) is 0 Å². The Kier molecular flexibility index (Phi) is 4.95. The molecular formula is C13H17Br. The summed E-state index contributed by atoms with van der Waals surface area (Å²) < 4.78 is 1.17. The van der Waals surface area contributed by atoms with E-state index in [1.54, 1.807) is 0 Å². The Morgan fingerprint density at radius 2 is 2.21 bits per heavy atom. The SMILES string of the molecule is CC/C=C\C(C)Cc1cccc(Br)c1. The molecule has 0 aromatic heterocycles. The fourth-order valence-electron chi connectivity index (χ4n) is 1.47. The standard InChI is InChI=1S/C13H17Br/c1-3-4-6-11(2)9-12-7-5-8-13(14)10-12/h4-8,10-11H,3,9H2,1-2H3/b6-4-. The van der Waals surface area contributed by atoms with Crippen molar-refractivity contribution in [1.29, 1.82) is 0 Å². The number of hydrogen-bond donors (Lipinski definition) is 0. The minimum atomic E-state index is 0.629. The molecule has 0 saturated heterocycles. The van der Waals surface area contributed by atoms with Crippen LogP contribution in [0.5, 0.6) is 0 Å². The van der Waals surface area contributed by atoms with Crippen LogP contribution < -0.4 is 0 Å². The molecule has 0 heterocycles. The number of rotatable bonds is 4. The molecular weight excluding hydrogens is 236 g/mol. The van der Waals surface area contributed by atoms with Crippen molar-refractivity contribution < 1.29 is 0 Å². The predicted molar refractivity (Wildman–Crippen MR) is 66.4 cm³/mol. The zero-order valence-corrected chi connectivity index (χ0v) is 10.4. The first-order valence-electron chi connectivity index (χ1n) is 5.13. The molecule has 0 aliphatic rings. The Balaban J connectivity index is 2.55. The first-order valence-corrected chi connectivity index (χ1v) is 5.92. The number of hydrogen-bond acceptors (Lipinski definition) is 0. The predicted octanol–water partition coefficient (Wildman–Crippen LogP) is 4.59. The molecule has 0 amide bonds. The largest absolute Gasteiger partial charge is 0.0885 e. The van der Waals surface area contributed by atoms with Crippen LogP contribution in [0, 0.1) is 5.92 Å². The summed E-state index contributed by atoms with van der Waals surface area (Å²) >= 11 is 3.49. The maximum absolute atomic E-state index is 3.49. The third kappa shape index (κ3) is 4.10. The fourth-order valence-corrected chi connectivity index (χ4v) is 1.92. The normalized spacial score (nSPS) is 13.4. The quantitative estimate of drug-likeness (QED) is 0.688. The molecule has 14 heavy (non-hydrogen) atoms. The molecule has 1 unspecified atom stereocenters. The van der Waals surface area contributed by atoms with Crippen molar-refractivity contribution in [1.82, 2.24) is 0 Å². The van der Waals surface area contributed by atoms with Gasteiger partial charge in [-0.15, -0.1) is 0 Å². The second-order valence-electron chi connectivity index (χ2n) is 3.65. The number of benzene rings is 1. The molecule has 1 heteroatoms. The van der Waals surface area contributed by atoms with Crippen LogP contribution in [-0.2, 0) is 6.42 Å². The molecule has 0 radical (unpaired) electrons. The first-order chi connectivity index (χ1) is 6.72. The molecule has 76 valence electrons. The highest BCUT2D eigenvalue weighted by Gasteiger charge is 1.99. The zero-order chi connectivity index (χ0) is 10.4. The Bertz CT molecular complexity index is 302. The lowest BCUT2D eigenvalue weighted by Gasteiger charge is -2.06. The van der Waals surface area contributed by atoms with Crippen LogP contribution in [0.1, 0.15) is 25.8 Å². The summed E-state index contributed by atoms with van der Waals surface area (Å²) in [6.45, 7) is 4.43. The van der Waals surface area contributed by atoms with Crippen LogP contribution in [-0.4, -0.2) is 0 Å². The van der Waals surface area contributed by atoms with Crippen LogP contribution in [0.3, 0.4) is 0 Å².